The van der Waals surface area contributed by atoms with Crippen LogP contribution < -0.4 is 10.1 Å². The molecule has 1 aromatic carbocycles. The van der Waals surface area contributed by atoms with Crippen molar-refractivity contribution in [3.63, 3.8) is 0 Å². The van der Waals surface area contributed by atoms with Gasteiger partial charge in [0, 0.05) is 6.54 Å². The number of aryl methyl sites for hydroxylation is 1. The third-order valence-corrected chi connectivity index (χ3v) is 2.50. The van der Waals surface area contributed by atoms with Crippen molar-refractivity contribution in [3.05, 3.63) is 23.8 Å². The zero-order valence-electron chi connectivity index (χ0n) is 8.68. The molecule has 2 nitrogen and oxygen atoms in total. The van der Waals surface area contributed by atoms with Crippen LogP contribution in [0.15, 0.2) is 18.2 Å². The molecule has 1 aliphatic heterocycles. The lowest BCUT2D eigenvalue weighted by molar-refractivity contribution is 0.318. The normalized spacial score (nSPS) is 14.4. The van der Waals surface area contributed by atoms with Crippen LogP contribution in [0, 0.1) is 0 Å². The first-order valence-electron chi connectivity index (χ1n) is 5.40. The van der Waals surface area contributed by atoms with Crippen LogP contribution in [0.1, 0.15) is 25.3 Å². The summed E-state index contributed by atoms with van der Waals surface area (Å²) in [6.07, 6.45) is 3.46. The van der Waals surface area contributed by atoms with Crippen molar-refractivity contribution >= 4 is 5.69 Å². The number of anilines is 1. The van der Waals surface area contributed by atoms with Crippen LogP contribution in [0.25, 0.3) is 0 Å². The van der Waals surface area contributed by atoms with E-state index in [1.165, 1.54) is 24.1 Å². The summed E-state index contributed by atoms with van der Waals surface area (Å²) in [7, 11) is 0. The van der Waals surface area contributed by atoms with E-state index in [9.17, 15) is 0 Å². The number of nitrogens with one attached hydrogen (secondary N) is 1. The lowest BCUT2D eigenvalue weighted by Crippen LogP contribution is -2.13. The topological polar surface area (TPSA) is 21.3 Å². The molecule has 2 heteroatoms. The van der Waals surface area contributed by atoms with Gasteiger partial charge >= 0.3 is 0 Å². The van der Waals surface area contributed by atoms with E-state index in [1.54, 1.807) is 0 Å². The standard InChI is InChI=1S/C12H17NO/c1-2-9-14-11-7-3-5-10-6-4-8-13-12(10)11/h3,5,7,13H,2,4,6,8-9H2,1H3. The van der Waals surface area contributed by atoms with Gasteiger partial charge in [-0.2, -0.15) is 0 Å². The fraction of sp³-hybridized carbons (Fsp3) is 0.500. The summed E-state index contributed by atoms with van der Waals surface area (Å²) in [5.41, 5.74) is 2.61. The van der Waals surface area contributed by atoms with Crippen LogP contribution in [0.2, 0.25) is 0 Å². The molecule has 0 saturated carbocycles. The lowest BCUT2D eigenvalue weighted by Gasteiger charge is -2.20. The molecule has 0 bridgehead atoms. The van der Waals surface area contributed by atoms with Gasteiger partial charge in [-0.25, -0.2) is 0 Å². The van der Waals surface area contributed by atoms with Crippen molar-refractivity contribution in [3.8, 4) is 5.75 Å². The molecule has 0 saturated heterocycles. The van der Waals surface area contributed by atoms with Crippen molar-refractivity contribution in [2.24, 2.45) is 0 Å². The van der Waals surface area contributed by atoms with Crippen LogP contribution in [-0.4, -0.2) is 13.2 Å². The van der Waals surface area contributed by atoms with E-state index in [-0.39, 0.29) is 0 Å². The van der Waals surface area contributed by atoms with E-state index in [1.807, 2.05) is 6.07 Å². The summed E-state index contributed by atoms with van der Waals surface area (Å²) in [6, 6.07) is 6.31. The first-order chi connectivity index (χ1) is 6.92. The van der Waals surface area contributed by atoms with Crippen molar-refractivity contribution < 1.29 is 4.74 Å². The van der Waals surface area contributed by atoms with Crippen LogP contribution in [0.3, 0.4) is 0 Å². The van der Waals surface area contributed by atoms with E-state index < -0.39 is 0 Å². The van der Waals surface area contributed by atoms with Gasteiger partial charge in [0.1, 0.15) is 5.75 Å². The SMILES string of the molecule is CCCOc1cccc2c1NCCC2. The molecule has 1 aliphatic rings. The predicted octanol–water partition coefficient (Wildman–Crippen LogP) is 2.83. The molecule has 1 heterocycles. The highest BCUT2D eigenvalue weighted by atomic mass is 16.5. The second kappa shape index (κ2) is 4.36. The zero-order chi connectivity index (χ0) is 9.80. The Morgan fingerprint density at radius 2 is 2.36 bits per heavy atom. The molecule has 0 spiro atoms. The van der Waals surface area contributed by atoms with Gasteiger partial charge in [-0.1, -0.05) is 19.1 Å². The number of fused-ring (bicyclic) bond motifs is 1. The summed E-state index contributed by atoms with van der Waals surface area (Å²) >= 11 is 0. The number of para-hydroxylation sites is 1. The first-order valence-corrected chi connectivity index (χ1v) is 5.40. The minimum absolute atomic E-state index is 0.804. The first kappa shape index (κ1) is 9.38. The quantitative estimate of drug-likeness (QED) is 0.793. The molecule has 1 N–H and O–H groups in total. The highest BCUT2D eigenvalue weighted by molar-refractivity contribution is 5.63. The molecule has 14 heavy (non-hydrogen) atoms. The van der Waals surface area contributed by atoms with Gasteiger partial charge < -0.3 is 10.1 Å². The maximum Gasteiger partial charge on any atom is 0.142 e. The summed E-state index contributed by atoms with van der Waals surface area (Å²) in [6.45, 7) is 4.00. The highest BCUT2D eigenvalue weighted by Crippen LogP contribution is 2.31. The van der Waals surface area contributed by atoms with Crippen LogP contribution >= 0.6 is 0 Å². The number of rotatable bonds is 3. The molecule has 0 radical (unpaired) electrons. The Kier molecular flexibility index (Phi) is 2.92. The van der Waals surface area contributed by atoms with Gasteiger partial charge in [0.15, 0.2) is 0 Å². The molecule has 0 unspecified atom stereocenters. The van der Waals surface area contributed by atoms with Crippen molar-refractivity contribution in [2.75, 3.05) is 18.5 Å². The van der Waals surface area contributed by atoms with E-state index in [0.717, 1.165) is 25.3 Å². The van der Waals surface area contributed by atoms with Gasteiger partial charge in [0.05, 0.1) is 12.3 Å². The summed E-state index contributed by atoms with van der Waals surface area (Å²) in [5.74, 6) is 1.02. The smallest absolute Gasteiger partial charge is 0.142 e. The highest BCUT2D eigenvalue weighted by Gasteiger charge is 2.12. The van der Waals surface area contributed by atoms with Crippen molar-refractivity contribution in [2.45, 2.75) is 26.2 Å². The molecular weight excluding hydrogens is 174 g/mol. The second-order valence-corrected chi connectivity index (χ2v) is 3.67. The minimum atomic E-state index is 0.804. The van der Waals surface area contributed by atoms with E-state index in [2.05, 4.69) is 24.4 Å². The third kappa shape index (κ3) is 1.84. The van der Waals surface area contributed by atoms with Crippen molar-refractivity contribution in [1.29, 1.82) is 0 Å². The fourth-order valence-electron chi connectivity index (χ4n) is 1.81. The number of ether oxygens (including phenoxy) is 1. The van der Waals surface area contributed by atoms with E-state index in [4.69, 9.17) is 4.74 Å². The van der Waals surface area contributed by atoms with Crippen molar-refractivity contribution in [1.82, 2.24) is 0 Å². The Bertz CT molecular complexity index is 309. The monoisotopic (exact) mass is 191 g/mol. The molecule has 2 rings (SSSR count). The number of hydrogen-bond donors (Lipinski definition) is 1. The van der Waals surface area contributed by atoms with Gasteiger partial charge in [0.2, 0.25) is 0 Å². The zero-order valence-corrected chi connectivity index (χ0v) is 8.68. The molecule has 0 fully saturated rings. The second-order valence-electron chi connectivity index (χ2n) is 3.67. The maximum absolute atomic E-state index is 5.69. The Morgan fingerprint density at radius 1 is 1.43 bits per heavy atom. The largest absolute Gasteiger partial charge is 0.491 e. The minimum Gasteiger partial charge on any atom is -0.491 e. The molecule has 0 amide bonds. The van der Waals surface area contributed by atoms with E-state index in [0.29, 0.717) is 0 Å². The average Bonchev–Trinajstić information content (AvgIpc) is 2.26. The molecule has 0 aliphatic carbocycles. The van der Waals surface area contributed by atoms with E-state index >= 15 is 0 Å². The number of hydrogen-bond acceptors (Lipinski definition) is 2. The van der Waals surface area contributed by atoms with Crippen LogP contribution in [0.5, 0.6) is 5.75 Å². The summed E-state index contributed by atoms with van der Waals surface area (Å²) < 4.78 is 5.69. The molecular formula is C12H17NO. The average molecular weight is 191 g/mol. The molecule has 1 aromatic rings. The van der Waals surface area contributed by atoms with Gasteiger partial charge in [-0.05, 0) is 30.9 Å². The Hall–Kier alpha value is -1.18. The summed E-state index contributed by atoms with van der Waals surface area (Å²) in [4.78, 5) is 0. The Labute approximate surface area is 85.3 Å². The molecule has 0 aromatic heterocycles. The lowest BCUT2D eigenvalue weighted by atomic mass is 10.0. The van der Waals surface area contributed by atoms with Gasteiger partial charge in [0.25, 0.3) is 0 Å². The molecule has 0 atom stereocenters. The van der Waals surface area contributed by atoms with Crippen LogP contribution in [0.4, 0.5) is 5.69 Å². The third-order valence-electron chi connectivity index (χ3n) is 2.50. The Balaban J connectivity index is 2.21. The molecule has 76 valence electrons. The van der Waals surface area contributed by atoms with Gasteiger partial charge in [-0.3, -0.25) is 0 Å². The van der Waals surface area contributed by atoms with Crippen LogP contribution in [-0.2, 0) is 6.42 Å². The van der Waals surface area contributed by atoms with Gasteiger partial charge in [-0.15, -0.1) is 0 Å². The fourth-order valence-corrected chi connectivity index (χ4v) is 1.81. The number of benzene rings is 1. The maximum atomic E-state index is 5.69. The predicted molar refractivity (Wildman–Crippen MR) is 59.0 cm³/mol. The summed E-state index contributed by atoms with van der Waals surface area (Å²) in [5, 5.41) is 3.42. The Morgan fingerprint density at radius 3 is 3.21 bits per heavy atom.